The van der Waals surface area contributed by atoms with Gasteiger partial charge in [-0.2, -0.15) is 0 Å². The lowest BCUT2D eigenvalue weighted by Crippen LogP contribution is -2.26. The van der Waals surface area contributed by atoms with E-state index in [1.54, 1.807) is 26.0 Å². The third-order valence-electron chi connectivity index (χ3n) is 3.81. The minimum atomic E-state index is -3.81. The van der Waals surface area contributed by atoms with Crippen LogP contribution in [-0.4, -0.2) is 34.3 Å². The second-order valence-corrected chi connectivity index (χ2v) is 7.32. The summed E-state index contributed by atoms with van der Waals surface area (Å²) in [6.45, 7) is 3.62. The van der Waals surface area contributed by atoms with Crippen molar-refractivity contribution < 1.29 is 27.4 Å². The Bertz CT molecular complexity index is 828. The lowest BCUT2D eigenvalue weighted by Gasteiger charge is -2.13. The molecule has 0 radical (unpaired) electrons. The Kier molecular flexibility index (Phi) is 6.10. The molecule has 0 aliphatic heterocycles. The number of methoxy groups -OCH3 is 2. The van der Waals surface area contributed by atoms with E-state index in [0.717, 1.165) is 0 Å². The lowest BCUT2D eigenvalue weighted by molar-refractivity contribution is 0.167. The first-order chi connectivity index (χ1) is 11.8. The maximum Gasteiger partial charge on any atom is 0.244 e. The zero-order valence-corrected chi connectivity index (χ0v) is 15.5. The van der Waals surface area contributed by atoms with E-state index in [1.165, 1.54) is 26.4 Å². The van der Waals surface area contributed by atoms with Gasteiger partial charge in [-0.1, -0.05) is 0 Å². The van der Waals surface area contributed by atoms with Crippen LogP contribution in [0.4, 0.5) is 0 Å². The van der Waals surface area contributed by atoms with Gasteiger partial charge in [0.2, 0.25) is 10.0 Å². The van der Waals surface area contributed by atoms with Gasteiger partial charge >= 0.3 is 0 Å². The molecule has 0 amide bonds. The highest BCUT2D eigenvalue weighted by molar-refractivity contribution is 7.89. The predicted octanol–water partition coefficient (Wildman–Crippen LogP) is 2.32. The molecule has 8 heteroatoms. The summed E-state index contributed by atoms with van der Waals surface area (Å²) in [4.78, 5) is -0.0147. The molecule has 0 aliphatic carbocycles. The van der Waals surface area contributed by atoms with Crippen molar-refractivity contribution in [2.75, 3.05) is 20.8 Å². The lowest BCUT2D eigenvalue weighted by atomic mass is 10.1. The number of ether oxygens (including phenoxy) is 2. The molecule has 0 saturated heterocycles. The van der Waals surface area contributed by atoms with E-state index < -0.39 is 16.1 Å². The summed E-state index contributed by atoms with van der Waals surface area (Å²) in [5.41, 5.74) is 0.663. The molecule has 7 nitrogen and oxygen atoms in total. The van der Waals surface area contributed by atoms with E-state index in [-0.39, 0.29) is 23.6 Å². The van der Waals surface area contributed by atoms with Gasteiger partial charge in [-0.25, -0.2) is 13.1 Å². The summed E-state index contributed by atoms with van der Waals surface area (Å²) in [6.07, 6.45) is -0.599. The molecule has 1 aromatic carbocycles. The molecule has 1 atom stereocenters. The molecule has 2 N–H and O–H groups in total. The van der Waals surface area contributed by atoms with Crippen molar-refractivity contribution in [3.63, 3.8) is 0 Å². The van der Waals surface area contributed by atoms with Gasteiger partial charge in [0.1, 0.15) is 27.9 Å². The second kappa shape index (κ2) is 7.90. The van der Waals surface area contributed by atoms with E-state index in [9.17, 15) is 13.5 Å². The summed E-state index contributed by atoms with van der Waals surface area (Å²) >= 11 is 0. The number of nitrogens with one attached hydrogen (secondary N) is 1. The minimum absolute atomic E-state index is 0.0147. The normalized spacial score (nSPS) is 12.8. The van der Waals surface area contributed by atoms with Crippen LogP contribution in [0.3, 0.4) is 0 Å². The summed E-state index contributed by atoms with van der Waals surface area (Å²) in [5.74, 6) is 1.96. The topological polar surface area (TPSA) is 98.0 Å². The summed E-state index contributed by atoms with van der Waals surface area (Å²) < 4.78 is 43.1. The molecule has 1 heterocycles. The standard InChI is InChI=1S/C17H23NO6S/c1-11-9-14(12(2)24-11)15(19)7-8-18-25(20,21)17-10-13(22-3)5-6-16(17)23-4/h5-6,9-10,15,18-19H,7-8H2,1-4H3. The van der Waals surface area contributed by atoms with E-state index >= 15 is 0 Å². The van der Waals surface area contributed by atoms with Crippen LogP contribution in [0.1, 0.15) is 29.6 Å². The Hall–Kier alpha value is -2.03. The fourth-order valence-corrected chi connectivity index (χ4v) is 3.77. The fraction of sp³-hybridized carbons (Fsp3) is 0.412. The Labute approximate surface area is 147 Å². The zero-order valence-electron chi connectivity index (χ0n) is 14.7. The van der Waals surface area contributed by atoms with Crippen LogP contribution >= 0.6 is 0 Å². The third kappa shape index (κ3) is 4.53. The van der Waals surface area contributed by atoms with E-state index in [0.29, 0.717) is 22.8 Å². The Morgan fingerprint density at radius 1 is 1.20 bits per heavy atom. The molecule has 0 saturated carbocycles. The van der Waals surface area contributed by atoms with Gasteiger partial charge < -0.3 is 19.0 Å². The van der Waals surface area contributed by atoms with Crippen molar-refractivity contribution in [2.24, 2.45) is 0 Å². The van der Waals surface area contributed by atoms with Crippen molar-refractivity contribution in [1.82, 2.24) is 4.72 Å². The second-order valence-electron chi connectivity index (χ2n) is 5.59. The van der Waals surface area contributed by atoms with Crippen molar-refractivity contribution in [2.45, 2.75) is 31.3 Å². The van der Waals surface area contributed by atoms with Gasteiger partial charge in [0.15, 0.2) is 0 Å². The fourth-order valence-electron chi connectivity index (χ4n) is 2.54. The largest absolute Gasteiger partial charge is 0.497 e. The summed E-state index contributed by atoms with van der Waals surface area (Å²) in [5, 5.41) is 10.2. The number of aliphatic hydroxyl groups excluding tert-OH is 1. The number of furan rings is 1. The molecule has 0 aliphatic rings. The molecule has 1 aromatic heterocycles. The zero-order chi connectivity index (χ0) is 18.6. The first-order valence-corrected chi connectivity index (χ1v) is 9.23. The molecule has 25 heavy (non-hydrogen) atoms. The van der Waals surface area contributed by atoms with Gasteiger partial charge in [-0.05, 0) is 38.5 Å². The monoisotopic (exact) mass is 369 g/mol. The average Bonchev–Trinajstić information content (AvgIpc) is 2.92. The number of rotatable bonds is 8. The quantitative estimate of drug-likeness (QED) is 0.741. The molecule has 2 rings (SSSR count). The highest BCUT2D eigenvalue weighted by atomic mass is 32.2. The van der Waals surface area contributed by atoms with Crippen molar-refractivity contribution in [3.8, 4) is 11.5 Å². The van der Waals surface area contributed by atoms with Crippen molar-refractivity contribution >= 4 is 10.0 Å². The summed E-state index contributed by atoms with van der Waals surface area (Å²) in [7, 11) is -0.955. The average molecular weight is 369 g/mol. The van der Waals surface area contributed by atoms with Crippen LogP contribution in [0.5, 0.6) is 11.5 Å². The smallest absolute Gasteiger partial charge is 0.244 e. The molecule has 0 fully saturated rings. The van der Waals surface area contributed by atoms with Gasteiger partial charge in [0.25, 0.3) is 0 Å². The minimum Gasteiger partial charge on any atom is -0.497 e. The molecule has 0 spiro atoms. The number of hydrogen-bond acceptors (Lipinski definition) is 6. The van der Waals surface area contributed by atoms with Gasteiger partial charge in [0.05, 0.1) is 20.3 Å². The molecule has 138 valence electrons. The number of hydrogen-bond donors (Lipinski definition) is 2. The van der Waals surface area contributed by atoms with Crippen LogP contribution in [0.25, 0.3) is 0 Å². The van der Waals surface area contributed by atoms with Crippen LogP contribution in [0.2, 0.25) is 0 Å². The SMILES string of the molecule is COc1ccc(OC)c(S(=O)(=O)NCCC(O)c2cc(C)oc2C)c1. The first kappa shape index (κ1) is 19.3. The number of aliphatic hydroxyl groups is 1. The highest BCUT2D eigenvalue weighted by Crippen LogP contribution is 2.28. The first-order valence-electron chi connectivity index (χ1n) is 7.75. The maximum absolute atomic E-state index is 12.5. The van der Waals surface area contributed by atoms with E-state index in [1.807, 2.05) is 0 Å². The van der Waals surface area contributed by atoms with Crippen molar-refractivity contribution in [1.29, 1.82) is 0 Å². The van der Waals surface area contributed by atoms with Crippen LogP contribution in [0, 0.1) is 13.8 Å². The molecular formula is C17H23NO6S. The molecular weight excluding hydrogens is 346 g/mol. The van der Waals surface area contributed by atoms with Crippen LogP contribution < -0.4 is 14.2 Å². The molecule has 0 bridgehead atoms. The predicted molar refractivity (Wildman–Crippen MR) is 92.5 cm³/mol. The maximum atomic E-state index is 12.5. The van der Waals surface area contributed by atoms with Crippen LogP contribution in [-0.2, 0) is 10.0 Å². The highest BCUT2D eigenvalue weighted by Gasteiger charge is 2.21. The number of sulfonamides is 1. The Balaban J connectivity index is 2.08. The van der Waals surface area contributed by atoms with Crippen LogP contribution in [0.15, 0.2) is 33.6 Å². The van der Waals surface area contributed by atoms with Crippen molar-refractivity contribution in [3.05, 3.63) is 41.3 Å². The van der Waals surface area contributed by atoms with Gasteiger partial charge in [0, 0.05) is 18.2 Å². The van der Waals surface area contributed by atoms with E-state index in [4.69, 9.17) is 13.9 Å². The third-order valence-corrected chi connectivity index (χ3v) is 5.29. The Morgan fingerprint density at radius 3 is 2.48 bits per heavy atom. The van der Waals surface area contributed by atoms with Gasteiger partial charge in [-0.3, -0.25) is 0 Å². The van der Waals surface area contributed by atoms with Gasteiger partial charge in [-0.15, -0.1) is 0 Å². The summed E-state index contributed by atoms with van der Waals surface area (Å²) in [6, 6.07) is 6.28. The number of aryl methyl sites for hydroxylation is 2. The number of benzene rings is 1. The molecule has 1 unspecified atom stereocenters. The molecule has 2 aromatic rings. The van der Waals surface area contributed by atoms with E-state index in [2.05, 4.69) is 4.72 Å². The Morgan fingerprint density at radius 2 is 1.92 bits per heavy atom.